The minimum Gasteiger partial charge on any atom is -0.334 e. The largest absolute Gasteiger partial charge is 0.334 e. The molecule has 0 aromatic heterocycles. The van der Waals surface area contributed by atoms with Gasteiger partial charge in [0.25, 0.3) is 0 Å². The summed E-state index contributed by atoms with van der Waals surface area (Å²) >= 11 is 0. The maximum atomic E-state index is 12.4. The van der Waals surface area contributed by atoms with Crippen molar-refractivity contribution in [3.05, 3.63) is 0 Å². The van der Waals surface area contributed by atoms with Crippen LogP contribution in [0.1, 0.15) is 39.5 Å². The number of hydrogen-bond donors (Lipinski definition) is 1. The molecule has 0 radical (unpaired) electrons. The highest BCUT2D eigenvalue weighted by Crippen LogP contribution is 2.27. The fraction of sp³-hybridized carbons (Fsp3) is 0.929. The summed E-state index contributed by atoms with van der Waals surface area (Å²) in [5, 5.41) is 3.03. The maximum Gasteiger partial charge on any atom is 0.317 e. The van der Waals surface area contributed by atoms with Gasteiger partial charge in [-0.15, -0.1) is 0 Å². The molecule has 21 heavy (non-hydrogen) atoms. The van der Waals surface area contributed by atoms with Crippen molar-refractivity contribution >= 4 is 16.1 Å². The highest BCUT2D eigenvalue weighted by atomic mass is 32.2. The summed E-state index contributed by atoms with van der Waals surface area (Å²) in [6.45, 7) is 5.93. The van der Waals surface area contributed by atoms with Crippen LogP contribution in [0.2, 0.25) is 0 Å². The molecule has 6 nitrogen and oxygen atoms in total. The van der Waals surface area contributed by atoms with E-state index in [-0.39, 0.29) is 12.1 Å². The second-order valence-corrected chi connectivity index (χ2v) is 8.67. The first-order chi connectivity index (χ1) is 9.77. The zero-order chi connectivity index (χ0) is 15.6. The van der Waals surface area contributed by atoms with Gasteiger partial charge in [-0.25, -0.2) is 17.5 Å². The monoisotopic (exact) mass is 317 g/mol. The quantitative estimate of drug-likeness (QED) is 0.829. The average Bonchev–Trinajstić information content (AvgIpc) is 3.19. The zero-order valence-corrected chi connectivity index (χ0v) is 14.0. The van der Waals surface area contributed by atoms with Crippen molar-refractivity contribution in [2.24, 2.45) is 5.92 Å². The van der Waals surface area contributed by atoms with Crippen molar-refractivity contribution in [2.75, 3.05) is 25.9 Å². The molecule has 1 heterocycles. The first kappa shape index (κ1) is 16.5. The van der Waals surface area contributed by atoms with Gasteiger partial charge in [0, 0.05) is 31.7 Å². The third-order valence-electron chi connectivity index (χ3n) is 3.99. The van der Waals surface area contributed by atoms with Gasteiger partial charge in [-0.1, -0.05) is 13.8 Å². The maximum absolute atomic E-state index is 12.4. The van der Waals surface area contributed by atoms with Crippen molar-refractivity contribution in [3.8, 4) is 0 Å². The smallest absolute Gasteiger partial charge is 0.317 e. The third-order valence-corrected chi connectivity index (χ3v) is 5.26. The summed E-state index contributed by atoms with van der Waals surface area (Å²) in [6.07, 6.45) is 5.04. The standard InChI is InChI=1S/C14H27N3O3S/c1-11(2)9-17(13-6-7-13)14(18)15-12-5-4-8-16(10-12)21(3,19)20/h11-13H,4-10H2,1-3H3,(H,15,18). The lowest BCUT2D eigenvalue weighted by molar-refractivity contribution is 0.176. The first-order valence-electron chi connectivity index (χ1n) is 7.79. The van der Waals surface area contributed by atoms with Crippen LogP contribution < -0.4 is 5.32 Å². The molecule has 1 aliphatic heterocycles. The van der Waals surface area contributed by atoms with Crippen molar-refractivity contribution in [2.45, 2.75) is 51.6 Å². The number of piperidine rings is 1. The second-order valence-electron chi connectivity index (χ2n) is 6.69. The first-order valence-corrected chi connectivity index (χ1v) is 9.64. The van der Waals surface area contributed by atoms with E-state index < -0.39 is 10.0 Å². The molecule has 0 bridgehead atoms. The van der Waals surface area contributed by atoms with Gasteiger partial charge in [0.2, 0.25) is 10.0 Å². The predicted molar refractivity (Wildman–Crippen MR) is 82.5 cm³/mol. The fourth-order valence-electron chi connectivity index (χ4n) is 2.80. The number of nitrogens with zero attached hydrogens (tertiary/aromatic N) is 2. The van der Waals surface area contributed by atoms with Crippen molar-refractivity contribution in [1.29, 1.82) is 0 Å². The SMILES string of the molecule is CC(C)CN(C(=O)NC1CCCN(S(C)(=O)=O)C1)C1CC1. The van der Waals surface area contributed by atoms with Gasteiger partial charge < -0.3 is 10.2 Å². The van der Waals surface area contributed by atoms with E-state index in [4.69, 9.17) is 0 Å². The topological polar surface area (TPSA) is 69.7 Å². The van der Waals surface area contributed by atoms with Crippen molar-refractivity contribution in [1.82, 2.24) is 14.5 Å². The Labute approximate surface area is 127 Å². The Kier molecular flexibility index (Phi) is 5.14. The lowest BCUT2D eigenvalue weighted by Crippen LogP contribution is -2.53. The highest BCUT2D eigenvalue weighted by Gasteiger charge is 2.34. The van der Waals surface area contributed by atoms with E-state index in [1.807, 2.05) is 4.90 Å². The number of amides is 2. The molecule has 1 unspecified atom stereocenters. The molecule has 1 saturated heterocycles. The number of rotatable bonds is 5. The summed E-state index contributed by atoms with van der Waals surface area (Å²) in [4.78, 5) is 14.4. The van der Waals surface area contributed by atoms with Crippen LogP contribution in [0.3, 0.4) is 0 Å². The van der Waals surface area contributed by atoms with Gasteiger partial charge in [0.05, 0.1) is 6.26 Å². The van der Waals surface area contributed by atoms with E-state index >= 15 is 0 Å². The average molecular weight is 317 g/mol. The van der Waals surface area contributed by atoms with Crippen LogP contribution in [-0.4, -0.2) is 61.6 Å². The Hall–Kier alpha value is -0.820. The molecular formula is C14H27N3O3S. The molecule has 7 heteroatoms. The third kappa shape index (κ3) is 4.85. The number of urea groups is 1. The Bertz CT molecular complexity index is 474. The minimum absolute atomic E-state index is 0.0356. The number of carbonyl (C=O) groups is 1. The number of sulfonamides is 1. The molecule has 122 valence electrons. The molecule has 0 aromatic carbocycles. The molecule has 2 fully saturated rings. The van der Waals surface area contributed by atoms with Crippen LogP contribution in [-0.2, 0) is 10.0 Å². The lowest BCUT2D eigenvalue weighted by Gasteiger charge is -2.33. The Morgan fingerprint density at radius 2 is 2.00 bits per heavy atom. The molecule has 1 atom stereocenters. The van der Waals surface area contributed by atoms with Crippen LogP contribution in [0.4, 0.5) is 4.79 Å². The van der Waals surface area contributed by atoms with Gasteiger partial charge in [0.15, 0.2) is 0 Å². The van der Waals surface area contributed by atoms with Crippen molar-refractivity contribution < 1.29 is 13.2 Å². The van der Waals surface area contributed by atoms with Crippen LogP contribution in [0.5, 0.6) is 0 Å². The zero-order valence-electron chi connectivity index (χ0n) is 13.2. The predicted octanol–water partition coefficient (Wildman–Crippen LogP) is 1.24. The van der Waals surface area contributed by atoms with Gasteiger partial charge >= 0.3 is 6.03 Å². The van der Waals surface area contributed by atoms with Gasteiger partial charge in [-0.3, -0.25) is 0 Å². The number of carbonyl (C=O) groups excluding carboxylic acids is 1. The van der Waals surface area contributed by atoms with Crippen LogP contribution in [0, 0.1) is 5.92 Å². The summed E-state index contributed by atoms with van der Waals surface area (Å²) in [6, 6.07) is 0.267. The van der Waals surface area contributed by atoms with E-state index in [2.05, 4.69) is 19.2 Å². The Morgan fingerprint density at radius 1 is 1.33 bits per heavy atom. The summed E-state index contributed by atoms with van der Waals surface area (Å²) < 4.78 is 24.7. The second kappa shape index (κ2) is 6.52. The van der Waals surface area contributed by atoms with Gasteiger partial charge in [-0.2, -0.15) is 0 Å². The Morgan fingerprint density at radius 3 is 2.52 bits per heavy atom. The molecule has 1 saturated carbocycles. The molecule has 0 aromatic rings. The molecule has 1 aliphatic carbocycles. The van der Waals surface area contributed by atoms with Crippen LogP contribution in [0.25, 0.3) is 0 Å². The summed E-state index contributed by atoms with van der Waals surface area (Å²) in [5.41, 5.74) is 0. The van der Waals surface area contributed by atoms with Crippen LogP contribution >= 0.6 is 0 Å². The molecule has 2 amide bonds. The molecule has 0 spiro atoms. The van der Waals surface area contributed by atoms with Gasteiger partial charge in [-0.05, 0) is 31.6 Å². The van der Waals surface area contributed by atoms with E-state index in [9.17, 15) is 13.2 Å². The van der Waals surface area contributed by atoms with Gasteiger partial charge in [0.1, 0.15) is 0 Å². The minimum atomic E-state index is -3.17. The van der Waals surface area contributed by atoms with Crippen molar-refractivity contribution in [3.63, 3.8) is 0 Å². The van der Waals surface area contributed by atoms with E-state index in [0.717, 1.165) is 32.2 Å². The van der Waals surface area contributed by atoms with E-state index in [1.165, 1.54) is 10.6 Å². The summed E-state index contributed by atoms with van der Waals surface area (Å²) in [7, 11) is -3.17. The molecule has 2 rings (SSSR count). The normalized spacial score (nSPS) is 24.1. The summed E-state index contributed by atoms with van der Waals surface area (Å²) in [5.74, 6) is 0.440. The molecular weight excluding hydrogens is 290 g/mol. The Balaban J connectivity index is 1.91. The fourth-order valence-corrected chi connectivity index (χ4v) is 3.71. The lowest BCUT2D eigenvalue weighted by atomic mass is 10.1. The van der Waals surface area contributed by atoms with E-state index in [0.29, 0.717) is 25.0 Å². The number of hydrogen-bond acceptors (Lipinski definition) is 3. The number of nitrogens with one attached hydrogen (secondary N) is 1. The van der Waals surface area contributed by atoms with E-state index in [1.54, 1.807) is 0 Å². The molecule has 2 aliphatic rings. The highest BCUT2D eigenvalue weighted by molar-refractivity contribution is 7.88. The molecule has 1 N–H and O–H groups in total. The van der Waals surface area contributed by atoms with Crippen LogP contribution in [0.15, 0.2) is 0 Å².